The van der Waals surface area contributed by atoms with E-state index in [0.29, 0.717) is 6.54 Å². The number of rotatable bonds is 4. The van der Waals surface area contributed by atoms with Crippen molar-refractivity contribution < 1.29 is 4.79 Å². The Morgan fingerprint density at radius 3 is 2.65 bits per heavy atom. The minimum atomic E-state index is -0.194. The van der Waals surface area contributed by atoms with Crippen LogP contribution in [0.5, 0.6) is 0 Å². The predicted octanol–water partition coefficient (Wildman–Crippen LogP) is 4.76. The second-order valence-corrected chi connectivity index (χ2v) is 8.24. The molecule has 4 nitrogen and oxygen atoms in total. The van der Waals surface area contributed by atoms with E-state index in [-0.39, 0.29) is 17.5 Å². The monoisotopic (exact) mass is 395 g/mol. The van der Waals surface area contributed by atoms with E-state index in [4.69, 9.17) is 0 Å². The van der Waals surface area contributed by atoms with Crippen molar-refractivity contribution in [1.82, 2.24) is 15.6 Å². The maximum atomic E-state index is 12.1. The summed E-state index contributed by atoms with van der Waals surface area (Å²) in [7, 11) is 0. The molecule has 2 rings (SSSR count). The molecular weight excluding hydrogens is 374 g/mol. The summed E-state index contributed by atoms with van der Waals surface area (Å²) in [5, 5.41) is 8.78. The van der Waals surface area contributed by atoms with Crippen molar-refractivity contribution in [2.45, 2.75) is 45.7 Å². The molecule has 1 unspecified atom stereocenters. The molecule has 0 aliphatic rings. The minimum Gasteiger partial charge on any atom is -0.332 e. The summed E-state index contributed by atoms with van der Waals surface area (Å²) in [5.74, 6) is 0. The molecule has 1 atom stereocenters. The molecule has 1 aromatic heterocycles. The molecule has 0 aliphatic carbocycles. The first-order chi connectivity index (χ1) is 10.8. The third-order valence-corrected chi connectivity index (χ3v) is 5.01. The second kappa shape index (κ2) is 7.45. The normalized spacial score (nSPS) is 12.7. The predicted molar refractivity (Wildman–Crippen MR) is 98.7 cm³/mol. The van der Waals surface area contributed by atoms with Crippen LogP contribution in [-0.2, 0) is 12.0 Å². The van der Waals surface area contributed by atoms with Gasteiger partial charge in [0.05, 0.1) is 18.3 Å². The molecule has 0 fully saturated rings. The molecule has 23 heavy (non-hydrogen) atoms. The first-order valence-corrected chi connectivity index (χ1v) is 9.18. The zero-order valence-corrected chi connectivity index (χ0v) is 16.2. The van der Waals surface area contributed by atoms with Crippen molar-refractivity contribution in [3.63, 3.8) is 0 Å². The standard InChI is InChI=1S/C17H22BrN3OS/c1-11(12-7-5-6-8-13(12)18)20-16(22)19-9-15-21-14(10-23-15)17(2,3)4/h5-8,10-11H,9H2,1-4H3,(H2,19,20,22). The number of amides is 2. The Kier molecular flexibility index (Phi) is 5.81. The van der Waals surface area contributed by atoms with Gasteiger partial charge in [-0.3, -0.25) is 0 Å². The lowest BCUT2D eigenvalue weighted by Crippen LogP contribution is -2.36. The first kappa shape index (κ1) is 17.9. The van der Waals surface area contributed by atoms with Crippen molar-refractivity contribution in [2.24, 2.45) is 0 Å². The number of nitrogens with one attached hydrogen (secondary N) is 2. The van der Waals surface area contributed by atoms with Gasteiger partial charge in [-0.1, -0.05) is 54.9 Å². The summed E-state index contributed by atoms with van der Waals surface area (Å²) < 4.78 is 0.988. The van der Waals surface area contributed by atoms with Gasteiger partial charge in [0.25, 0.3) is 0 Å². The highest BCUT2D eigenvalue weighted by Crippen LogP contribution is 2.24. The molecule has 0 bridgehead atoms. The summed E-state index contributed by atoms with van der Waals surface area (Å²) >= 11 is 5.08. The van der Waals surface area contributed by atoms with Gasteiger partial charge in [-0.05, 0) is 18.6 Å². The minimum absolute atomic E-state index is 0.0328. The van der Waals surface area contributed by atoms with E-state index < -0.39 is 0 Å². The summed E-state index contributed by atoms with van der Waals surface area (Å²) in [6.07, 6.45) is 0. The third-order valence-electron chi connectivity index (χ3n) is 3.44. The van der Waals surface area contributed by atoms with E-state index in [1.54, 1.807) is 11.3 Å². The zero-order chi connectivity index (χ0) is 17.0. The second-order valence-electron chi connectivity index (χ2n) is 6.45. The molecule has 0 radical (unpaired) electrons. The molecule has 2 amide bonds. The van der Waals surface area contributed by atoms with Gasteiger partial charge in [0.2, 0.25) is 0 Å². The molecule has 0 saturated heterocycles. The van der Waals surface area contributed by atoms with Crippen molar-refractivity contribution in [1.29, 1.82) is 0 Å². The van der Waals surface area contributed by atoms with Crippen molar-refractivity contribution in [2.75, 3.05) is 0 Å². The molecule has 1 aromatic carbocycles. The van der Waals surface area contributed by atoms with Crippen LogP contribution >= 0.6 is 27.3 Å². The number of hydrogen-bond donors (Lipinski definition) is 2. The molecular formula is C17H22BrN3OS. The van der Waals surface area contributed by atoms with E-state index in [1.807, 2.05) is 31.2 Å². The molecule has 2 N–H and O–H groups in total. The quantitative estimate of drug-likeness (QED) is 0.783. The number of carbonyl (C=O) groups is 1. The van der Waals surface area contributed by atoms with Crippen LogP contribution in [0.3, 0.4) is 0 Å². The fourth-order valence-electron chi connectivity index (χ4n) is 2.04. The number of thiazole rings is 1. The van der Waals surface area contributed by atoms with Crippen LogP contribution in [0.25, 0.3) is 0 Å². The van der Waals surface area contributed by atoms with Crippen LogP contribution in [-0.4, -0.2) is 11.0 Å². The van der Waals surface area contributed by atoms with Crippen LogP contribution in [0.15, 0.2) is 34.1 Å². The largest absolute Gasteiger partial charge is 0.332 e. The van der Waals surface area contributed by atoms with Gasteiger partial charge >= 0.3 is 6.03 Å². The Balaban J connectivity index is 1.88. The number of nitrogens with zero attached hydrogens (tertiary/aromatic N) is 1. The van der Waals surface area contributed by atoms with Gasteiger partial charge in [-0.25, -0.2) is 9.78 Å². The maximum absolute atomic E-state index is 12.1. The van der Waals surface area contributed by atoms with E-state index in [2.05, 4.69) is 57.7 Å². The van der Waals surface area contributed by atoms with Crippen LogP contribution in [0.2, 0.25) is 0 Å². The Bertz CT molecular complexity index is 678. The van der Waals surface area contributed by atoms with Gasteiger partial charge < -0.3 is 10.6 Å². The number of carbonyl (C=O) groups excluding carboxylic acids is 1. The van der Waals surface area contributed by atoms with Crippen LogP contribution in [0.4, 0.5) is 4.79 Å². The summed E-state index contributed by atoms with van der Waals surface area (Å²) in [6.45, 7) is 8.79. The van der Waals surface area contributed by atoms with Crippen LogP contribution < -0.4 is 10.6 Å². The highest BCUT2D eigenvalue weighted by Gasteiger charge is 2.18. The highest BCUT2D eigenvalue weighted by molar-refractivity contribution is 9.10. The lowest BCUT2D eigenvalue weighted by atomic mass is 9.93. The Morgan fingerprint density at radius 2 is 2.04 bits per heavy atom. The molecule has 6 heteroatoms. The van der Waals surface area contributed by atoms with E-state index in [9.17, 15) is 4.79 Å². The highest BCUT2D eigenvalue weighted by atomic mass is 79.9. The van der Waals surface area contributed by atoms with Crippen molar-refractivity contribution in [3.8, 4) is 0 Å². The van der Waals surface area contributed by atoms with Crippen LogP contribution in [0, 0.1) is 0 Å². The van der Waals surface area contributed by atoms with Gasteiger partial charge in [-0.15, -0.1) is 11.3 Å². The van der Waals surface area contributed by atoms with E-state index in [0.717, 1.165) is 20.7 Å². The fourth-order valence-corrected chi connectivity index (χ4v) is 3.63. The number of benzene rings is 1. The fraction of sp³-hybridized carbons (Fsp3) is 0.412. The maximum Gasteiger partial charge on any atom is 0.315 e. The van der Waals surface area contributed by atoms with Gasteiger partial charge in [0.1, 0.15) is 5.01 Å². The van der Waals surface area contributed by atoms with Crippen molar-refractivity contribution in [3.05, 3.63) is 50.4 Å². The Labute approximate surface area is 149 Å². The van der Waals surface area contributed by atoms with Gasteiger partial charge in [0.15, 0.2) is 0 Å². The number of halogens is 1. The molecule has 0 saturated carbocycles. The first-order valence-electron chi connectivity index (χ1n) is 7.51. The SMILES string of the molecule is CC(NC(=O)NCc1nc(C(C)(C)C)cs1)c1ccccc1Br. The zero-order valence-electron chi connectivity index (χ0n) is 13.8. The average Bonchev–Trinajstić information content (AvgIpc) is 2.94. The third kappa shape index (κ3) is 5.04. The van der Waals surface area contributed by atoms with Gasteiger partial charge in [0, 0.05) is 15.3 Å². The van der Waals surface area contributed by atoms with Crippen molar-refractivity contribution >= 4 is 33.3 Å². The molecule has 2 aromatic rings. The van der Waals surface area contributed by atoms with Crippen LogP contribution in [0.1, 0.15) is 50.0 Å². The average molecular weight is 396 g/mol. The molecule has 124 valence electrons. The van der Waals surface area contributed by atoms with E-state index in [1.165, 1.54) is 0 Å². The number of urea groups is 1. The lowest BCUT2D eigenvalue weighted by molar-refractivity contribution is 0.237. The molecule has 1 heterocycles. The Hall–Kier alpha value is -1.40. The summed E-state index contributed by atoms with van der Waals surface area (Å²) in [6, 6.07) is 7.60. The lowest BCUT2D eigenvalue weighted by Gasteiger charge is -2.16. The van der Waals surface area contributed by atoms with Gasteiger partial charge in [-0.2, -0.15) is 0 Å². The summed E-state index contributed by atoms with van der Waals surface area (Å²) in [5.41, 5.74) is 2.14. The Morgan fingerprint density at radius 1 is 1.35 bits per heavy atom. The smallest absolute Gasteiger partial charge is 0.315 e. The summed E-state index contributed by atoms with van der Waals surface area (Å²) in [4.78, 5) is 16.6. The number of aromatic nitrogens is 1. The molecule has 0 aliphatic heterocycles. The van der Waals surface area contributed by atoms with E-state index >= 15 is 0 Å². The number of hydrogen-bond acceptors (Lipinski definition) is 3. The topological polar surface area (TPSA) is 54.0 Å². The molecule has 0 spiro atoms.